The van der Waals surface area contributed by atoms with Gasteiger partial charge in [-0.05, 0) is 54.9 Å². The van der Waals surface area contributed by atoms with Gasteiger partial charge in [0.25, 0.3) is 5.91 Å². The van der Waals surface area contributed by atoms with Crippen LogP contribution >= 0.6 is 0 Å². The quantitative estimate of drug-likeness (QED) is 0.391. The second kappa shape index (κ2) is 10.8. The molecule has 1 amide bonds. The van der Waals surface area contributed by atoms with Crippen molar-refractivity contribution in [1.82, 2.24) is 4.90 Å². The number of hydrogen-bond acceptors (Lipinski definition) is 2. The molecule has 0 spiro atoms. The molecule has 1 aliphatic heterocycles. The van der Waals surface area contributed by atoms with Crippen molar-refractivity contribution in [3.05, 3.63) is 90.0 Å². The highest BCUT2D eigenvalue weighted by Gasteiger charge is 2.30. The number of rotatable bonds is 7. The standard InChI is InChI=1S/C28H28F3NO2/c29-28(30,31)24-10-6-7-22(19-24)14-13-21-15-17-32(18-16-21)27(33)20-34-26-12-5-4-11-25(26)23-8-2-1-3-9-23/h1-12,19,21H,13-18,20H2. The average Bonchev–Trinajstić information content (AvgIpc) is 2.87. The van der Waals surface area contributed by atoms with Crippen LogP contribution in [0.15, 0.2) is 78.9 Å². The Balaban J connectivity index is 1.25. The fourth-order valence-corrected chi connectivity index (χ4v) is 4.42. The van der Waals surface area contributed by atoms with Crippen molar-refractivity contribution in [1.29, 1.82) is 0 Å². The van der Waals surface area contributed by atoms with Crippen molar-refractivity contribution >= 4 is 5.91 Å². The third-order valence-corrected chi connectivity index (χ3v) is 6.39. The number of carbonyl (C=O) groups excluding carboxylic acids is 1. The van der Waals surface area contributed by atoms with Crippen molar-refractivity contribution < 1.29 is 22.7 Å². The molecular weight excluding hydrogens is 439 g/mol. The van der Waals surface area contributed by atoms with Crippen LogP contribution in [0.5, 0.6) is 5.75 Å². The number of benzene rings is 3. The van der Waals surface area contributed by atoms with Crippen LogP contribution in [-0.2, 0) is 17.4 Å². The second-order valence-corrected chi connectivity index (χ2v) is 8.71. The molecule has 4 rings (SSSR count). The lowest BCUT2D eigenvalue weighted by atomic mass is 9.90. The van der Waals surface area contributed by atoms with Gasteiger partial charge < -0.3 is 9.64 Å². The zero-order valence-electron chi connectivity index (χ0n) is 18.9. The third kappa shape index (κ3) is 6.19. The Bertz CT molecular complexity index is 1090. The zero-order valence-corrected chi connectivity index (χ0v) is 18.9. The van der Waals surface area contributed by atoms with Crippen molar-refractivity contribution in [2.45, 2.75) is 31.9 Å². The van der Waals surface area contributed by atoms with Gasteiger partial charge >= 0.3 is 6.18 Å². The lowest BCUT2D eigenvalue weighted by molar-refractivity contribution is -0.137. The maximum absolute atomic E-state index is 12.9. The SMILES string of the molecule is O=C(COc1ccccc1-c1ccccc1)N1CCC(CCc2cccc(C(F)(F)F)c2)CC1. The zero-order chi connectivity index (χ0) is 24.0. The number of piperidine rings is 1. The molecule has 178 valence electrons. The first kappa shape index (κ1) is 23.9. The van der Waals surface area contributed by atoms with Gasteiger partial charge in [0.2, 0.25) is 0 Å². The van der Waals surface area contributed by atoms with E-state index in [1.54, 1.807) is 6.07 Å². The Hall–Kier alpha value is -3.28. The monoisotopic (exact) mass is 467 g/mol. The number of para-hydroxylation sites is 1. The maximum atomic E-state index is 12.9. The smallest absolute Gasteiger partial charge is 0.416 e. The molecule has 0 aliphatic carbocycles. The molecule has 3 aromatic rings. The summed E-state index contributed by atoms with van der Waals surface area (Å²) < 4.78 is 44.6. The number of alkyl halides is 3. The van der Waals surface area contributed by atoms with E-state index in [4.69, 9.17) is 4.74 Å². The number of hydrogen-bond donors (Lipinski definition) is 0. The van der Waals surface area contributed by atoms with Gasteiger partial charge in [0.1, 0.15) is 5.75 Å². The van der Waals surface area contributed by atoms with Crippen molar-refractivity contribution in [2.24, 2.45) is 5.92 Å². The maximum Gasteiger partial charge on any atom is 0.416 e. The summed E-state index contributed by atoms with van der Waals surface area (Å²) in [5.74, 6) is 1.04. The average molecular weight is 468 g/mol. The first-order valence-corrected chi connectivity index (χ1v) is 11.6. The number of amides is 1. The van der Waals surface area contributed by atoms with E-state index in [0.717, 1.165) is 36.5 Å². The molecule has 0 N–H and O–H groups in total. The van der Waals surface area contributed by atoms with Crippen LogP contribution in [-0.4, -0.2) is 30.5 Å². The summed E-state index contributed by atoms with van der Waals surface area (Å²) in [5, 5.41) is 0. The summed E-state index contributed by atoms with van der Waals surface area (Å²) in [7, 11) is 0. The summed E-state index contributed by atoms with van der Waals surface area (Å²) in [6.45, 7) is 1.28. The van der Waals surface area contributed by atoms with Crippen LogP contribution in [0, 0.1) is 5.92 Å². The molecule has 3 nitrogen and oxygen atoms in total. The van der Waals surface area contributed by atoms with Crippen LogP contribution in [0.4, 0.5) is 13.2 Å². The molecule has 0 bridgehead atoms. The minimum Gasteiger partial charge on any atom is -0.483 e. The van der Waals surface area contributed by atoms with E-state index < -0.39 is 11.7 Å². The summed E-state index contributed by atoms with van der Waals surface area (Å²) in [5.41, 5.74) is 2.09. The third-order valence-electron chi connectivity index (χ3n) is 6.39. The Morgan fingerprint density at radius 1 is 0.912 bits per heavy atom. The van der Waals surface area contributed by atoms with E-state index in [1.807, 2.05) is 59.5 Å². The van der Waals surface area contributed by atoms with Crippen LogP contribution in [0.1, 0.15) is 30.4 Å². The molecule has 1 heterocycles. The second-order valence-electron chi connectivity index (χ2n) is 8.71. The van der Waals surface area contributed by atoms with Gasteiger partial charge in [0, 0.05) is 18.7 Å². The predicted molar refractivity (Wildman–Crippen MR) is 126 cm³/mol. The summed E-state index contributed by atoms with van der Waals surface area (Å²) in [4.78, 5) is 14.6. The van der Waals surface area contributed by atoms with Gasteiger partial charge in [0.05, 0.1) is 5.56 Å². The van der Waals surface area contributed by atoms with Gasteiger partial charge in [-0.1, -0.05) is 66.7 Å². The number of aryl methyl sites for hydroxylation is 1. The van der Waals surface area contributed by atoms with Crippen LogP contribution < -0.4 is 4.74 Å². The van der Waals surface area contributed by atoms with E-state index in [-0.39, 0.29) is 12.5 Å². The molecule has 34 heavy (non-hydrogen) atoms. The summed E-state index contributed by atoms with van der Waals surface area (Å²) in [6, 6.07) is 23.2. The number of halogens is 3. The van der Waals surface area contributed by atoms with E-state index in [9.17, 15) is 18.0 Å². The normalized spacial score (nSPS) is 14.7. The van der Waals surface area contributed by atoms with Gasteiger partial charge in [-0.15, -0.1) is 0 Å². The number of likely N-dealkylation sites (tertiary alicyclic amines) is 1. The number of ether oxygens (including phenoxy) is 1. The number of carbonyl (C=O) groups is 1. The topological polar surface area (TPSA) is 29.5 Å². The van der Waals surface area contributed by atoms with E-state index in [0.29, 0.717) is 36.7 Å². The Morgan fingerprint density at radius 2 is 1.62 bits per heavy atom. The van der Waals surface area contributed by atoms with Gasteiger partial charge in [-0.2, -0.15) is 13.2 Å². The molecule has 0 radical (unpaired) electrons. The largest absolute Gasteiger partial charge is 0.483 e. The van der Waals surface area contributed by atoms with Crippen LogP contribution in [0.25, 0.3) is 11.1 Å². The molecule has 1 saturated heterocycles. The molecule has 1 aliphatic rings. The van der Waals surface area contributed by atoms with E-state index in [1.165, 1.54) is 12.1 Å². The predicted octanol–water partition coefficient (Wildman–Crippen LogP) is 6.62. The molecule has 0 unspecified atom stereocenters. The first-order valence-electron chi connectivity index (χ1n) is 11.6. The van der Waals surface area contributed by atoms with Crippen molar-refractivity contribution in [2.75, 3.05) is 19.7 Å². The van der Waals surface area contributed by atoms with E-state index in [2.05, 4.69) is 0 Å². The van der Waals surface area contributed by atoms with Crippen molar-refractivity contribution in [3.63, 3.8) is 0 Å². The van der Waals surface area contributed by atoms with Gasteiger partial charge in [-0.25, -0.2) is 0 Å². The molecule has 0 aromatic heterocycles. The minimum absolute atomic E-state index is 0.0151. The fraction of sp³-hybridized carbons (Fsp3) is 0.321. The van der Waals surface area contributed by atoms with E-state index >= 15 is 0 Å². The van der Waals surface area contributed by atoms with Crippen molar-refractivity contribution in [3.8, 4) is 16.9 Å². The first-order chi connectivity index (χ1) is 16.4. The molecule has 6 heteroatoms. The Kier molecular flexibility index (Phi) is 7.56. The van der Waals surface area contributed by atoms with Crippen LogP contribution in [0.3, 0.4) is 0 Å². The lowest BCUT2D eigenvalue weighted by Crippen LogP contribution is -2.41. The summed E-state index contributed by atoms with van der Waals surface area (Å²) in [6.07, 6.45) is -1.17. The molecule has 1 fully saturated rings. The highest BCUT2D eigenvalue weighted by atomic mass is 19.4. The lowest BCUT2D eigenvalue weighted by Gasteiger charge is -2.32. The molecule has 3 aromatic carbocycles. The molecule has 0 saturated carbocycles. The summed E-state index contributed by atoms with van der Waals surface area (Å²) >= 11 is 0. The minimum atomic E-state index is -4.31. The van der Waals surface area contributed by atoms with Gasteiger partial charge in [0.15, 0.2) is 6.61 Å². The number of nitrogens with zero attached hydrogens (tertiary/aromatic N) is 1. The van der Waals surface area contributed by atoms with Gasteiger partial charge in [-0.3, -0.25) is 4.79 Å². The highest BCUT2D eigenvalue weighted by Crippen LogP contribution is 2.31. The Labute approximate surface area is 198 Å². The van der Waals surface area contributed by atoms with Crippen LogP contribution in [0.2, 0.25) is 0 Å². The molecule has 0 atom stereocenters. The molecular formula is C28H28F3NO2. The Morgan fingerprint density at radius 3 is 2.35 bits per heavy atom. The fourth-order valence-electron chi connectivity index (χ4n) is 4.42. The highest BCUT2D eigenvalue weighted by molar-refractivity contribution is 5.78.